The summed E-state index contributed by atoms with van der Waals surface area (Å²) in [5, 5.41) is 7.41. The van der Waals surface area contributed by atoms with Gasteiger partial charge in [-0.05, 0) is 43.1 Å². The Labute approximate surface area is 124 Å². The maximum Gasteiger partial charge on any atom is 0.228 e. The van der Waals surface area contributed by atoms with Crippen molar-refractivity contribution in [2.45, 2.75) is 39.7 Å². The predicted octanol–water partition coefficient (Wildman–Crippen LogP) is 3.44. The van der Waals surface area contributed by atoms with Crippen molar-refractivity contribution in [3.8, 4) is 11.4 Å². The first-order chi connectivity index (χ1) is 10.1. The second-order valence-electron chi connectivity index (χ2n) is 5.61. The average molecular weight is 291 g/mol. The standard InChI is InChI=1S/C16H22FN3O/c1-4-18-14(9-11(2)3)10-15-19-16(20-21-15)12-5-7-13(17)8-6-12/h5-8,11,14,18H,4,9-10H2,1-3H3. The van der Waals surface area contributed by atoms with Crippen molar-refractivity contribution >= 4 is 0 Å². The van der Waals surface area contributed by atoms with Crippen LogP contribution in [-0.4, -0.2) is 22.7 Å². The summed E-state index contributed by atoms with van der Waals surface area (Å²) in [7, 11) is 0. The van der Waals surface area contributed by atoms with E-state index in [1.54, 1.807) is 12.1 Å². The van der Waals surface area contributed by atoms with Gasteiger partial charge >= 0.3 is 0 Å². The van der Waals surface area contributed by atoms with Crippen molar-refractivity contribution in [2.24, 2.45) is 5.92 Å². The van der Waals surface area contributed by atoms with Gasteiger partial charge in [-0.3, -0.25) is 0 Å². The molecule has 0 spiro atoms. The molecule has 2 aromatic rings. The van der Waals surface area contributed by atoms with Crippen molar-refractivity contribution in [3.05, 3.63) is 36.0 Å². The first-order valence-corrected chi connectivity index (χ1v) is 7.40. The zero-order valence-electron chi connectivity index (χ0n) is 12.8. The molecule has 21 heavy (non-hydrogen) atoms. The van der Waals surface area contributed by atoms with Crippen LogP contribution in [0.15, 0.2) is 28.8 Å². The highest BCUT2D eigenvalue weighted by atomic mass is 19.1. The quantitative estimate of drug-likeness (QED) is 0.849. The number of hydrogen-bond donors (Lipinski definition) is 1. The number of benzene rings is 1. The highest BCUT2D eigenvalue weighted by molar-refractivity contribution is 5.53. The molecule has 1 N–H and O–H groups in total. The molecule has 0 aliphatic rings. The van der Waals surface area contributed by atoms with E-state index in [0.29, 0.717) is 30.1 Å². The SMILES string of the molecule is CCNC(Cc1nc(-c2ccc(F)cc2)no1)CC(C)C. The van der Waals surface area contributed by atoms with Gasteiger partial charge in [-0.15, -0.1) is 0 Å². The van der Waals surface area contributed by atoms with Gasteiger partial charge in [0.05, 0.1) is 0 Å². The van der Waals surface area contributed by atoms with Gasteiger partial charge in [0.2, 0.25) is 11.7 Å². The molecule has 1 heterocycles. The van der Waals surface area contributed by atoms with Gasteiger partial charge < -0.3 is 9.84 Å². The molecule has 114 valence electrons. The molecule has 1 atom stereocenters. The second kappa shape index (κ2) is 7.31. The van der Waals surface area contributed by atoms with E-state index < -0.39 is 0 Å². The Kier molecular flexibility index (Phi) is 5.44. The van der Waals surface area contributed by atoms with Crippen molar-refractivity contribution in [1.29, 1.82) is 0 Å². The van der Waals surface area contributed by atoms with Gasteiger partial charge in [0.25, 0.3) is 0 Å². The number of halogens is 1. The van der Waals surface area contributed by atoms with Crippen molar-refractivity contribution in [1.82, 2.24) is 15.5 Å². The van der Waals surface area contributed by atoms with Crippen LogP contribution in [0.5, 0.6) is 0 Å². The number of nitrogens with zero attached hydrogens (tertiary/aromatic N) is 2. The lowest BCUT2D eigenvalue weighted by Crippen LogP contribution is -2.32. The molecule has 4 nitrogen and oxygen atoms in total. The number of likely N-dealkylation sites (N-methyl/N-ethyl adjacent to an activating group) is 1. The van der Waals surface area contributed by atoms with Gasteiger partial charge in [0.1, 0.15) is 5.82 Å². The van der Waals surface area contributed by atoms with Gasteiger partial charge in [0, 0.05) is 18.0 Å². The first-order valence-electron chi connectivity index (χ1n) is 7.40. The number of rotatable bonds is 7. The molecule has 0 aliphatic carbocycles. The highest BCUT2D eigenvalue weighted by Crippen LogP contribution is 2.17. The van der Waals surface area contributed by atoms with Crippen LogP contribution >= 0.6 is 0 Å². The highest BCUT2D eigenvalue weighted by Gasteiger charge is 2.16. The number of aromatic nitrogens is 2. The topological polar surface area (TPSA) is 51.0 Å². The predicted molar refractivity (Wildman–Crippen MR) is 80.3 cm³/mol. The molecule has 0 aliphatic heterocycles. The second-order valence-corrected chi connectivity index (χ2v) is 5.61. The largest absolute Gasteiger partial charge is 0.339 e. The lowest BCUT2D eigenvalue weighted by Gasteiger charge is -2.17. The first kappa shape index (κ1) is 15.6. The fraction of sp³-hybridized carbons (Fsp3) is 0.500. The van der Waals surface area contributed by atoms with E-state index in [9.17, 15) is 4.39 Å². The van der Waals surface area contributed by atoms with Crippen LogP contribution in [0.2, 0.25) is 0 Å². The van der Waals surface area contributed by atoms with Crippen LogP contribution in [0, 0.1) is 11.7 Å². The molecular weight excluding hydrogens is 269 g/mol. The van der Waals surface area contributed by atoms with Crippen molar-refractivity contribution < 1.29 is 8.91 Å². The Hall–Kier alpha value is -1.75. The molecule has 1 unspecified atom stereocenters. The third-order valence-electron chi connectivity index (χ3n) is 3.24. The molecule has 0 saturated carbocycles. The zero-order chi connectivity index (χ0) is 15.2. The van der Waals surface area contributed by atoms with E-state index >= 15 is 0 Å². The minimum atomic E-state index is -0.272. The van der Waals surface area contributed by atoms with Gasteiger partial charge in [0.15, 0.2) is 0 Å². The van der Waals surface area contributed by atoms with E-state index in [0.717, 1.165) is 18.5 Å². The van der Waals surface area contributed by atoms with E-state index in [2.05, 4.69) is 36.2 Å². The van der Waals surface area contributed by atoms with Gasteiger partial charge in [-0.25, -0.2) is 4.39 Å². The maximum absolute atomic E-state index is 12.9. The third-order valence-corrected chi connectivity index (χ3v) is 3.24. The molecule has 5 heteroatoms. The van der Waals surface area contributed by atoms with Crippen LogP contribution in [0.4, 0.5) is 4.39 Å². The number of hydrogen-bond acceptors (Lipinski definition) is 4. The fourth-order valence-electron chi connectivity index (χ4n) is 2.36. The summed E-state index contributed by atoms with van der Waals surface area (Å²) >= 11 is 0. The average Bonchev–Trinajstić information content (AvgIpc) is 2.87. The molecule has 1 aromatic carbocycles. The van der Waals surface area contributed by atoms with Crippen molar-refractivity contribution in [2.75, 3.05) is 6.54 Å². The van der Waals surface area contributed by atoms with Crippen LogP contribution in [0.3, 0.4) is 0 Å². The summed E-state index contributed by atoms with van der Waals surface area (Å²) in [5.74, 6) is 1.45. The summed E-state index contributed by atoms with van der Waals surface area (Å²) < 4.78 is 18.2. The van der Waals surface area contributed by atoms with E-state index in [1.165, 1.54) is 12.1 Å². The van der Waals surface area contributed by atoms with Crippen LogP contribution in [0.1, 0.15) is 33.1 Å². The monoisotopic (exact) mass is 291 g/mol. The minimum Gasteiger partial charge on any atom is -0.339 e. The van der Waals surface area contributed by atoms with Crippen LogP contribution < -0.4 is 5.32 Å². The lowest BCUT2D eigenvalue weighted by atomic mass is 10.0. The molecule has 0 radical (unpaired) electrons. The Morgan fingerprint density at radius 2 is 1.95 bits per heavy atom. The van der Waals surface area contributed by atoms with Crippen LogP contribution in [-0.2, 0) is 6.42 Å². The van der Waals surface area contributed by atoms with Gasteiger partial charge in [-0.2, -0.15) is 4.98 Å². The third kappa shape index (κ3) is 4.63. The van der Waals surface area contributed by atoms with E-state index in [-0.39, 0.29) is 5.82 Å². The summed E-state index contributed by atoms with van der Waals surface area (Å²) in [6, 6.07) is 6.42. The number of nitrogens with one attached hydrogen (secondary N) is 1. The molecular formula is C16H22FN3O. The van der Waals surface area contributed by atoms with E-state index in [4.69, 9.17) is 4.52 Å². The smallest absolute Gasteiger partial charge is 0.228 e. The lowest BCUT2D eigenvalue weighted by molar-refractivity contribution is 0.340. The molecule has 0 bridgehead atoms. The molecule has 0 amide bonds. The Bertz CT molecular complexity index is 551. The molecule has 0 fully saturated rings. The molecule has 2 rings (SSSR count). The normalized spacial score (nSPS) is 12.8. The summed E-state index contributed by atoms with van der Waals surface area (Å²) in [4.78, 5) is 4.40. The van der Waals surface area contributed by atoms with Crippen LogP contribution in [0.25, 0.3) is 11.4 Å². The Morgan fingerprint density at radius 3 is 2.57 bits per heavy atom. The van der Waals surface area contributed by atoms with Gasteiger partial charge in [-0.1, -0.05) is 25.9 Å². The minimum absolute atomic E-state index is 0.272. The fourth-order valence-corrected chi connectivity index (χ4v) is 2.36. The van der Waals surface area contributed by atoms with E-state index in [1.807, 2.05) is 0 Å². The Morgan fingerprint density at radius 1 is 1.24 bits per heavy atom. The molecule has 1 aromatic heterocycles. The zero-order valence-corrected chi connectivity index (χ0v) is 12.8. The Balaban J connectivity index is 2.06. The maximum atomic E-state index is 12.9. The molecule has 0 saturated heterocycles. The summed E-state index contributed by atoms with van der Waals surface area (Å²) in [6.45, 7) is 7.39. The van der Waals surface area contributed by atoms with Crippen molar-refractivity contribution in [3.63, 3.8) is 0 Å². The summed E-state index contributed by atoms with van der Waals surface area (Å²) in [5.41, 5.74) is 0.760. The summed E-state index contributed by atoms with van der Waals surface area (Å²) in [6.07, 6.45) is 1.77.